The quantitative estimate of drug-likeness (QED) is 0.0261. The number of esters is 3. The largest absolute Gasteiger partial charge is 0.462 e. The summed E-state index contributed by atoms with van der Waals surface area (Å²) in [6.07, 6.45) is 88.0. The lowest BCUT2D eigenvalue weighted by molar-refractivity contribution is -0.167. The highest BCUT2D eigenvalue weighted by atomic mass is 16.6. The van der Waals surface area contributed by atoms with Crippen molar-refractivity contribution in [3.8, 4) is 0 Å². The Hall–Kier alpha value is -2.37. The Morgan fingerprint density at radius 1 is 0.247 bits per heavy atom. The van der Waals surface area contributed by atoms with Gasteiger partial charge in [0.15, 0.2) is 6.10 Å². The lowest BCUT2D eigenvalue weighted by atomic mass is 10.0. The van der Waals surface area contributed by atoms with Gasteiger partial charge in [-0.3, -0.25) is 14.4 Å². The molecule has 0 aliphatic carbocycles. The maximum atomic E-state index is 12.9. The molecule has 0 spiro atoms. The second kappa shape index (κ2) is 70.1. The minimum atomic E-state index is -0.772. The average Bonchev–Trinajstić information content (AvgIpc) is 3.46. The van der Waals surface area contributed by atoms with Crippen molar-refractivity contribution >= 4 is 17.9 Å². The van der Waals surface area contributed by atoms with Gasteiger partial charge in [-0.2, -0.15) is 0 Å². The Bertz CT molecular complexity index is 1350. The van der Waals surface area contributed by atoms with Crippen molar-refractivity contribution in [3.63, 3.8) is 0 Å². The second-order valence-corrected chi connectivity index (χ2v) is 24.9. The van der Waals surface area contributed by atoms with Crippen molar-refractivity contribution < 1.29 is 28.6 Å². The summed E-state index contributed by atoms with van der Waals surface area (Å²) in [4.78, 5) is 38.2. The Kier molecular flexibility index (Phi) is 68.1. The summed E-state index contributed by atoms with van der Waals surface area (Å²) in [5, 5.41) is 0. The van der Waals surface area contributed by atoms with Crippen LogP contribution in [0.2, 0.25) is 0 Å². The van der Waals surface area contributed by atoms with E-state index >= 15 is 0 Å². The van der Waals surface area contributed by atoms with Gasteiger partial charge in [0.05, 0.1) is 0 Å². The molecule has 1 atom stereocenters. The Balaban J connectivity index is 3.98. The summed E-state index contributed by atoms with van der Waals surface area (Å²) >= 11 is 0. The van der Waals surface area contributed by atoms with Gasteiger partial charge < -0.3 is 14.2 Å². The van der Waals surface area contributed by atoms with Crippen LogP contribution in [0.3, 0.4) is 0 Å². The molecule has 6 nitrogen and oxygen atoms in total. The van der Waals surface area contributed by atoms with E-state index in [0.29, 0.717) is 19.3 Å². The third-order valence-electron chi connectivity index (χ3n) is 16.6. The standard InChI is InChI=1S/C75H140O6/c1-4-7-10-13-16-18-20-22-24-26-28-30-32-33-34-35-36-37-38-39-40-41-43-44-46-48-50-52-54-56-59-62-65-68-74(77)80-71-72(70-79-73(76)67-64-61-58-15-12-9-6-3)81-75(78)69-66-63-60-57-55-53-51-49-47-45-42-31-29-27-25-23-21-19-17-14-11-8-5-2/h21,23,27,29,42,45,72H,4-20,22,24-26,28,30-41,43-44,46-71H2,1-3H3/b23-21-,29-27-,45-42-. The van der Waals surface area contributed by atoms with Gasteiger partial charge in [-0.1, -0.05) is 365 Å². The molecule has 1 unspecified atom stereocenters. The van der Waals surface area contributed by atoms with Crippen molar-refractivity contribution in [2.75, 3.05) is 13.2 Å². The molecule has 0 N–H and O–H groups in total. The van der Waals surface area contributed by atoms with Crippen molar-refractivity contribution in [3.05, 3.63) is 36.5 Å². The zero-order chi connectivity index (χ0) is 58.5. The highest BCUT2D eigenvalue weighted by molar-refractivity contribution is 5.71. The normalized spacial score (nSPS) is 12.2. The predicted molar refractivity (Wildman–Crippen MR) is 353 cm³/mol. The molecule has 6 heteroatoms. The first kappa shape index (κ1) is 78.6. The number of allylic oxidation sites excluding steroid dienone is 6. The molecule has 0 aromatic rings. The summed E-state index contributed by atoms with van der Waals surface area (Å²) in [5.41, 5.74) is 0. The lowest BCUT2D eigenvalue weighted by Gasteiger charge is -2.18. The van der Waals surface area contributed by atoms with Crippen molar-refractivity contribution in [1.82, 2.24) is 0 Å². The number of ether oxygens (including phenoxy) is 3. The van der Waals surface area contributed by atoms with E-state index in [9.17, 15) is 14.4 Å². The third-order valence-corrected chi connectivity index (χ3v) is 16.6. The summed E-state index contributed by atoms with van der Waals surface area (Å²) < 4.78 is 16.9. The third kappa shape index (κ3) is 68.3. The number of rotatable bonds is 68. The van der Waals surface area contributed by atoms with Crippen LogP contribution in [0.15, 0.2) is 36.5 Å². The molecule has 0 saturated carbocycles. The summed E-state index contributed by atoms with van der Waals surface area (Å²) in [6.45, 7) is 6.65. The lowest BCUT2D eigenvalue weighted by Crippen LogP contribution is -2.30. The molecule has 0 heterocycles. The van der Waals surface area contributed by atoms with Gasteiger partial charge >= 0.3 is 17.9 Å². The molecule has 81 heavy (non-hydrogen) atoms. The highest BCUT2D eigenvalue weighted by Gasteiger charge is 2.19. The van der Waals surface area contributed by atoms with Crippen molar-refractivity contribution in [2.45, 2.75) is 412 Å². The first-order valence-corrected chi connectivity index (χ1v) is 36.5. The smallest absolute Gasteiger partial charge is 0.306 e. The number of hydrogen-bond donors (Lipinski definition) is 0. The minimum Gasteiger partial charge on any atom is -0.462 e. The summed E-state index contributed by atoms with van der Waals surface area (Å²) in [6, 6.07) is 0. The van der Waals surface area contributed by atoms with Gasteiger partial charge in [-0.15, -0.1) is 0 Å². The highest BCUT2D eigenvalue weighted by Crippen LogP contribution is 2.19. The Morgan fingerprint density at radius 3 is 0.691 bits per heavy atom. The zero-order valence-electron chi connectivity index (χ0n) is 54.8. The van der Waals surface area contributed by atoms with Crippen LogP contribution in [0.4, 0.5) is 0 Å². The molecule has 0 aliphatic heterocycles. The maximum absolute atomic E-state index is 12.9. The van der Waals surface area contributed by atoms with Gasteiger partial charge in [0.2, 0.25) is 0 Å². The maximum Gasteiger partial charge on any atom is 0.306 e. The van der Waals surface area contributed by atoms with Crippen LogP contribution in [0.5, 0.6) is 0 Å². The predicted octanol–water partition coefficient (Wildman–Crippen LogP) is 25.1. The Labute approximate surface area is 506 Å². The second-order valence-electron chi connectivity index (χ2n) is 24.9. The fourth-order valence-electron chi connectivity index (χ4n) is 11.2. The van der Waals surface area contributed by atoms with E-state index in [1.165, 1.54) is 289 Å². The van der Waals surface area contributed by atoms with Crippen LogP contribution in [-0.4, -0.2) is 37.2 Å². The topological polar surface area (TPSA) is 78.9 Å². The van der Waals surface area contributed by atoms with Crippen molar-refractivity contribution in [1.29, 1.82) is 0 Å². The van der Waals surface area contributed by atoms with Gasteiger partial charge in [-0.05, 0) is 57.8 Å². The molecular formula is C75H140O6. The first-order chi connectivity index (χ1) is 40.0. The molecule has 0 saturated heterocycles. The van der Waals surface area contributed by atoms with Crippen LogP contribution in [0.1, 0.15) is 406 Å². The minimum absolute atomic E-state index is 0.0704. The summed E-state index contributed by atoms with van der Waals surface area (Å²) in [5.74, 6) is -0.860. The van der Waals surface area contributed by atoms with E-state index in [1.54, 1.807) is 0 Å². The fourth-order valence-corrected chi connectivity index (χ4v) is 11.2. The molecule has 0 fully saturated rings. The van der Waals surface area contributed by atoms with Crippen LogP contribution < -0.4 is 0 Å². The fraction of sp³-hybridized carbons (Fsp3) is 0.880. The average molecular weight is 1140 g/mol. The number of hydrogen-bond acceptors (Lipinski definition) is 6. The van der Waals surface area contributed by atoms with E-state index < -0.39 is 6.10 Å². The van der Waals surface area contributed by atoms with Crippen LogP contribution in [0, 0.1) is 0 Å². The van der Waals surface area contributed by atoms with E-state index in [1.807, 2.05) is 0 Å². The van der Waals surface area contributed by atoms with E-state index in [4.69, 9.17) is 14.2 Å². The zero-order valence-corrected chi connectivity index (χ0v) is 54.8. The number of carbonyl (C=O) groups is 3. The van der Waals surface area contributed by atoms with Gasteiger partial charge in [0, 0.05) is 19.3 Å². The molecule has 0 amide bonds. The molecule has 0 bridgehead atoms. The molecule has 476 valence electrons. The molecule has 0 aromatic carbocycles. The SMILES string of the molecule is CCCCCCC/C=C\C/C=C\C/C=C\CCCCCCCCCCC(=O)OC(COC(=O)CCCCCCCCC)COC(=O)CCCCCCCCCCCCCCCCCCCCCCCCCCCCCCCCCCC. The number of carbonyl (C=O) groups excluding carboxylic acids is 3. The van der Waals surface area contributed by atoms with E-state index in [-0.39, 0.29) is 31.1 Å². The van der Waals surface area contributed by atoms with Crippen LogP contribution in [0.25, 0.3) is 0 Å². The van der Waals surface area contributed by atoms with Gasteiger partial charge in [0.1, 0.15) is 13.2 Å². The Morgan fingerprint density at radius 2 is 0.444 bits per heavy atom. The monoisotopic (exact) mass is 1140 g/mol. The summed E-state index contributed by atoms with van der Waals surface area (Å²) in [7, 11) is 0. The molecule has 0 rings (SSSR count). The van der Waals surface area contributed by atoms with Crippen LogP contribution >= 0.6 is 0 Å². The van der Waals surface area contributed by atoms with Crippen LogP contribution in [-0.2, 0) is 28.6 Å². The van der Waals surface area contributed by atoms with E-state index in [2.05, 4.69) is 57.2 Å². The van der Waals surface area contributed by atoms with Gasteiger partial charge in [0.25, 0.3) is 0 Å². The molecule has 0 radical (unpaired) electrons. The molecular weight excluding hydrogens is 997 g/mol. The van der Waals surface area contributed by atoms with E-state index in [0.717, 1.165) is 77.0 Å². The first-order valence-electron chi connectivity index (χ1n) is 36.5. The van der Waals surface area contributed by atoms with Crippen molar-refractivity contribution in [2.24, 2.45) is 0 Å². The molecule has 0 aliphatic rings. The number of unbranched alkanes of at least 4 members (excludes halogenated alkanes) is 51. The molecule has 0 aromatic heterocycles. The van der Waals surface area contributed by atoms with Gasteiger partial charge in [-0.25, -0.2) is 0 Å².